The van der Waals surface area contributed by atoms with Gasteiger partial charge in [0.25, 0.3) is 5.91 Å². The van der Waals surface area contributed by atoms with E-state index in [1.54, 1.807) is 47.5 Å². The first kappa shape index (κ1) is 19.1. The zero-order chi connectivity index (χ0) is 20.9. The number of nitrogens with zero attached hydrogens (tertiary/aromatic N) is 3. The largest absolute Gasteiger partial charge is 0.366 e. The summed E-state index contributed by atoms with van der Waals surface area (Å²) in [6.07, 6.45) is 5.04. The number of aromatic nitrogens is 3. The van der Waals surface area contributed by atoms with E-state index in [1.807, 2.05) is 42.5 Å². The monoisotopic (exact) mass is 397 g/mol. The topological polar surface area (TPSA) is 103 Å². The number of nitrogens with two attached hydrogens (primary N) is 1. The Bertz CT molecular complexity index is 1190. The molecule has 0 aliphatic carbocycles. The Morgan fingerprint density at radius 3 is 2.57 bits per heavy atom. The fraction of sp³-hybridized carbons (Fsp3) is 0.0435. The van der Waals surface area contributed by atoms with E-state index in [0.717, 1.165) is 16.8 Å². The van der Waals surface area contributed by atoms with Crippen molar-refractivity contribution in [3.63, 3.8) is 0 Å². The molecule has 4 aromatic rings. The van der Waals surface area contributed by atoms with E-state index >= 15 is 0 Å². The van der Waals surface area contributed by atoms with Gasteiger partial charge in [-0.1, -0.05) is 30.3 Å². The van der Waals surface area contributed by atoms with Crippen LogP contribution < -0.4 is 11.1 Å². The van der Waals surface area contributed by atoms with Crippen molar-refractivity contribution in [3.8, 4) is 16.9 Å². The van der Waals surface area contributed by atoms with E-state index in [1.165, 1.54) is 0 Å². The Morgan fingerprint density at radius 2 is 1.83 bits per heavy atom. The average molecular weight is 397 g/mol. The number of rotatable bonds is 6. The lowest BCUT2D eigenvalue weighted by Gasteiger charge is -2.06. The molecular formula is C23H19N5O2. The number of carbonyl (C=O) groups is 2. The van der Waals surface area contributed by atoms with Crippen molar-refractivity contribution in [3.05, 3.63) is 102 Å². The third-order valence-electron chi connectivity index (χ3n) is 4.58. The summed E-state index contributed by atoms with van der Waals surface area (Å²) in [5.41, 5.74) is 9.06. The van der Waals surface area contributed by atoms with Gasteiger partial charge in [-0.25, -0.2) is 4.68 Å². The summed E-state index contributed by atoms with van der Waals surface area (Å²) < 4.78 is 1.67. The van der Waals surface area contributed by atoms with Gasteiger partial charge >= 0.3 is 0 Å². The first-order valence-electron chi connectivity index (χ1n) is 9.34. The quantitative estimate of drug-likeness (QED) is 0.522. The SMILES string of the molecule is NC(=O)c1cccc(CNC(=O)c2cn(-c3ccccc3)nc2-c2cccnc2)c1. The molecule has 0 saturated carbocycles. The van der Waals surface area contributed by atoms with E-state index in [0.29, 0.717) is 16.8 Å². The number of nitrogens with one attached hydrogen (secondary N) is 1. The molecule has 2 heterocycles. The van der Waals surface area contributed by atoms with Crippen LogP contribution in [0.4, 0.5) is 0 Å². The second kappa shape index (κ2) is 8.40. The number of primary amides is 1. The first-order chi connectivity index (χ1) is 14.6. The molecule has 0 spiro atoms. The molecular weight excluding hydrogens is 378 g/mol. The molecule has 30 heavy (non-hydrogen) atoms. The lowest BCUT2D eigenvalue weighted by molar-refractivity contribution is 0.0951. The molecule has 0 fully saturated rings. The van der Waals surface area contributed by atoms with Gasteiger partial charge in [-0.2, -0.15) is 5.10 Å². The molecule has 0 bridgehead atoms. The van der Waals surface area contributed by atoms with Crippen LogP contribution in [0.25, 0.3) is 16.9 Å². The Balaban J connectivity index is 1.63. The summed E-state index contributed by atoms with van der Waals surface area (Å²) in [5.74, 6) is -0.785. The van der Waals surface area contributed by atoms with E-state index < -0.39 is 5.91 Å². The smallest absolute Gasteiger partial charge is 0.255 e. The van der Waals surface area contributed by atoms with E-state index in [9.17, 15) is 9.59 Å². The molecule has 0 aliphatic heterocycles. The molecule has 3 N–H and O–H groups in total. The molecule has 0 radical (unpaired) electrons. The Kier molecular flexibility index (Phi) is 5.34. The van der Waals surface area contributed by atoms with Gasteiger partial charge in [0.2, 0.25) is 5.91 Å². The van der Waals surface area contributed by atoms with Gasteiger partial charge in [-0.05, 0) is 42.0 Å². The molecule has 7 heteroatoms. The van der Waals surface area contributed by atoms with Crippen LogP contribution in [-0.4, -0.2) is 26.6 Å². The third kappa shape index (κ3) is 4.10. The summed E-state index contributed by atoms with van der Waals surface area (Å²) in [5, 5.41) is 7.51. The Labute approximate surface area is 173 Å². The van der Waals surface area contributed by atoms with Crippen LogP contribution in [0.5, 0.6) is 0 Å². The fourth-order valence-electron chi connectivity index (χ4n) is 3.08. The number of para-hydroxylation sites is 1. The molecule has 2 aromatic heterocycles. The molecule has 148 valence electrons. The number of hydrogen-bond acceptors (Lipinski definition) is 4. The van der Waals surface area contributed by atoms with Gasteiger partial charge in [0, 0.05) is 36.3 Å². The van der Waals surface area contributed by atoms with Crippen LogP contribution in [0, 0.1) is 0 Å². The van der Waals surface area contributed by atoms with Crippen molar-refractivity contribution in [2.45, 2.75) is 6.54 Å². The normalized spacial score (nSPS) is 10.5. The predicted octanol–water partition coefficient (Wildman–Crippen LogP) is 2.96. The molecule has 2 aromatic carbocycles. The van der Waals surface area contributed by atoms with E-state index in [-0.39, 0.29) is 12.5 Å². The highest BCUT2D eigenvalue weighted by Gasteiger charge is 2.18. The van der Waals surface area contributed by atoms with Crippen molar-refractivity contribution in [2.75, 3.05) is 0 Å². The van der Waals surface area contributed by atoms with Crippen molar-refractivity contribution in [2.24, 2.45) is 5.73 Å². The van der Waals surface area contributed by atoms with Crippen molar-refractivity contribution < 1.29 is 9.59 Å². The Hall–Kier alpha value is -4.26. The highest BCUT2D eigenvalue weighted by atomic mass is 16.2. The predicted molar refractivity (Wildman–Crippen MR) is 113 cm³/mol. The molecule has 0 unspecified atom stereocenters. The minimum Gasteiger partial charge on any atom is -0.366 e. The standard InChI is InChI=1S/C23H19N5O2/c24-22(29)17-7-4-6-16(12-17)13-26-23(30)20-15-28(19-9-2-1-3-10-19)27-21(20)18-8-5-11-25-14-18/h1-12,14-15H,13H2,(H2,24,29)(H,26,30). The lowest BCUT2D eigenvalue weighted by atomic mass is 10.1. The van der Waals surface area contributed by atoms with Crippen LogP contribution in [0.2, 0.25) is 0 Å². The summed E-state index contributed by atoms with van der Waals surface area (Å²) in [6.45, 7) is 0.253. The van der Waals surface area contributed by atoms with Gasteiger partial charge in [0.05, 0.1) is 11.3 Å². The molecule has 2 amide bonds. The van der Waals surface area contributed by atoms with Crippen molar-refractivity contribution in [1.82, 2.24) is 20.1 Å². The summed E-state index contributed by atoms with van der Waals surface area (Å²) >= 11 is 0. The summed E-state index contributed by atoms with van der Waals surface area (Å²) in [7, 11) is 0. The summed E-state index contributed by atoms with van der Waals surface area (Å²) in [6, 6.07) is 20.1. The van der Waals surface area contributed by atoms with Crippen LogP contribution in [-0.2, 0) is 6.54 Å². The number of amides is 2. The minimum absolute atomic E-state index is 0.253. The number of pyridine rings is 1. The van der Waals surface area contributed by atoms with Gasteiger partial charge in [-0.15, -0.1) is 0 Å². The van der Waals surface area contributed by atoms with E-state index in [2.05, 4.69) is 15.4 Å². The molecule has 4 rings (SSSR count). The van der Waals surface area contributed by atoms with Gasteiger partial charge < -0.3 is 11.1 Å². The van der Waals surface area contributed by atoms with Crippen LogP contribution in [0.15, 0.2) is 85.3 Å². The number of benzene rings is 2. The maximum atomic E-state index is 13.0. The fourth-order valence-corrected chi connectivity index (χ4v) is 3.08. The first-order valence-corrected chi connectivity index (χ1v) is 9.34. The Morgan fingerprint density at radius 1 is 1.00 bits per heavy atom. The zero-order valence-corrected chi connectivity index (χ0v) is 16.0. The maximum Gasteiger partial charge on any atom is 0.255 e. The second-order valence-electron chi connectivity index (χ2n) is 6.66. The molecule has 0 atom stereocenters. The second-order valence-corrected chi connectivity index (χ2v) is 6.66. The minimum atomic E-state index is -0.508. The maximum absolute atomic E-state index is 13.0. The molecule has 0 saturated heterocycles. The van der Waals surface area contributed by atoms with Gasteiger partial charge in [0.1, 0.15) is 5.69 Å². The zero-order valence-electron chi connectivity index (χ0n) is 16.0. The van der Waals surface area contributed by atoms with Crippen LogP contribution in [0.1, 0.15) is 26.3 Å². The van der Waals surface area contributed by atoms with Gasteiger partial charge in [-0.3, -0.25) is 14.6 Å². The van der Waals surface area contributed by atoms with E-state index in [4.69, 9.17) is 5.73 Å². The highest BCUT2D eigenvalue weighted by Crippen LogP contribution is 2.23. The average Bonchev–Trinajstić information content (AvgIpc) is 3.24. The third-order valence-corrected chi connectivity index (χ3v) is 4.58. The van der Waals surface area contributed by atoms with Crippen molar-refractivity contribution in [1.29, 1.82) is 0 Å². The number of carbonyl (C=O) groups excluding carboxylic acids is 2. The van der Waals surface area contributed by atoms with Crippen LogP contribution >= 0.6 is 0 Å². The summed E-state index contributed by atoms with van der Waals surface area (Å²) in [4.78, 5) is 28.5. The van der Waals surface area contributed by atoms with Gasteiger partial charge in [0.15, 0.2) is 0 Å². The van der Waals surface area contributed by atoms with Crippen LogP contribution in [0.3, 0.4) is 0 Å². The molecule has 0 aliphatic rings. The number of hydrogen-bond donors (Lipinski definition) is 2. The van der Waals surface area contributed by atoms with Crippen molar-refractivity contribution >= 4 is 11.8 Å². The highest BCUT2D eigenvalue weighted by molar-refractivity contribution is 6.00. The lowest BCUT2D eigenvalue weighted by Crippen LogP contribution is -2.23. The molecule has 7 nitrogen and oxygen atoms in total.